The zero-order valence-corrected chi connectivity index (χ0v) is 15.7. The van der Waals surface area contributed by atoms with E-state index in [0.717, 1.165) is 22.1 Å². The number of benzene rings is 3. The van der Waals surface area contributed by atoms with E-state index in [2.05, 4.69) is 0 Å². The molecular weight excluding hydrogens is 362 g/mol. The van der Waals surface area contributed by atoms with Crippen molar-refractivity contribution < 1.29 is 17.9 Å². The molecule has 0 N–H and O–H groups in total. The van der Waals surface area contributed by atoms with Crippen LogP contribution in [0.2, 0.25) is 0 Å². The van der Waals surface area contributed by atoms with Gasteiger partial charge in [-0.25, -0.2) is 8.42 Å². The molecule has 27 heavy (non-hydrogen) atoms. The Morgan fingerprint density at radius 1 is 0.926 bits per heavy atom. The minimum absolute atomic E-state index is 0.295. The minimum atomic E-state index is -3.50. The molecule has 1 aliphatic rings. The van der Waals surface area contributed by atoms with Gasteiger partial charge < -0.3 is 9.47 Å². The predicted octanol–water partition coefficient (Wildman–Crippen LogP) is 3.44. The average molecular weight is 383 g/mol. The SMILES string of the molecule is O=S(=O)(c1cccc(COc2cccc3ccccc23)c1)N1CCOCC1. The Hall–Kier alpha value is -2.41. The first-order valence-corrected chi connectivity index (χ1v) is 10.4. The molecule has 0 atom stereocenters. The van der Waals surface area contributed by atoms with Crippen LogP contribution < -0.4 is 4.74 Å². The van der Waals surface area contributed by atoms with Gasteiger partial charge in [0.25, 0.3) is 0 Å². The zero-order valence-electron chi connectivity index (χ0n) is 14.9. The normalized spacial score (nSPS) is 15.7. The fraction of sp³-hybridized carbons (Fsp3) is 0.238. The quantitative estimate of drug-likeness (QED) is 0.677. The molecule has 0 aliphatic carbocycles. The van der Waals surface area contributed by atoms with Gasteiger partial charge >= 0.3 is 0 Å². The standard InChI is InChI=1S/C21H21NO4S/c23-27(24,22-11-13-25-14-12-22)19-8-3-5-17(15-19)16-26-21-10-4-7-18-6-1-2-9-20(18)21/h1-10,15H,11-14,16H2. The summed E-state index contributed by atoms with van der Waals surface area (Å²) in [5, 5.41) is 2.15. The van der Waals surface area contributed by atoms with Crippen LogP contribution in [0.5, 0.6) is 5.75 Å². The molecule has 4 rings (SSSR count). The van der Waals surface area contributed by atoms with Crippen molar-refractivity contribution >= 4 is 20.8 Å². The lowest BCUT2D eigenvalue weighted by Crippen LogP contribution is -2.40. The van der Waals surface area contributed by atoms with Crippen LogP contribution in [-0.2, 0) is 21.4 Å². The molecule has 0 amide bonds. The lowest BCUT2D eigenvalue weighted by molar-refractivity contribution is 0.0730. The molecule has 0 spiro atoms. The first-order chi connectivity index (χ1) is 13.1. The maximum atomic E-state index is 12.8. The largest absolute Gasteiger partial charge is 0.488 e. The maximum absolute atomic E-state index is 12.8. The van der Waals surface area contributed by atoms with Crippen LogP contribution in [0.4, 0.5) is 0 Å². The first-order valence-electron chi connectivity index (χ1n) is 8.92. The fourth-order valence-electron chi connectivity index (χ4n) is 3.21. The molecule has 1 heterocycles. The third-order valence-electron chi connectivity index (χ3n) is 4.65. The van der Waals surface area contributed by atoms with Gasteiger partial charge in [-0.1, -0.05) is 48.5 Å². The highest BCUT2D eigenvalue weighted by atomic mass is 32.2. The van der Waals surface area contributed by atoms with Crippen molar-refractivity contribution in [2.24, 2.45) is 0 Å². The van der Waals surface area contributed by atoms with Crippen LogP contribution in [-0.4, -0.2) is 39.0 Å². The molecule has 0 saturated carbocycles. The molecule has 3 aromatic carbocycles. The number of fused-ring (bicyclic) bond motifs is 1. The van der Waals surface area contributed by atoms with Gasteiger partial charge in [0.05, 0.1) is 18.1 Å². The van der Waals surface area contributed by atoms with Gasteiger partial charge in [-0.3, -0.25) is 0 Å². The van der Waals surface area contributed by atoms with Crippen molar-refractivity contribution in [1.29, 1.82) is 0 Å². The van der Waals surface area contributed by atoms with E-state index in [1.54, 1.807) is 18.2 Å². The predicted molar refractivity (Wildman–Crippen MR) is 104 cm³/mol. The second-order valence-electron chi connectivity index (χ2n) is 6.43. The molecule has 1 fully saturated rings. The number of nitrogens with zero attached hydrogens (tertiary/aromatic N) is 1. The van der Waals surface area contributed by atoms with Crippen LogP contribution in [0.3, 0.4) is 0 Å². The highest BCUT2D eigenvalue weighted by Crippen LogP contribution is 2.26. The molecule has 0 unspecified atom stereocenters. The van der Waals surface area contributed by atoms with E-state index in [-0.39, 0.29) is 0 Å². The fourth-order valence-corrected chi connectivity index (χ4v) is 4.69. The van der Waals surface area contributed by atoms with Crippen molar-refractivity contribution in [2.45, 2.75) is 11.5 Å². The minimum Gasteiger partial charge on any atom is -0.488 e. The third kappa shape index (κ3) is 3.83. The molecular formula is C21H21NO4S. The Balaban J connectivity index is 1.54. The highest BCUT2D eigenvalue weighted by molar-refractivity contribution is 7.89. The summed E-state index contributed by atoms with van der Waals surface area (Å²) >= 11 is 0. The molecule has 140 valence electrons. The summed E-state index contributed by atoms with van der Waals surface area (Å²) in [6.45, 7) is 1.95. The van der Waals surface area contributed by atoms with Gasteiger partial charge in [0.15, 0.2) is 0 Å². The van der Waals surface area contributed by atoms with Gasteiger partial charge in [-0.15, -0.1) is 0 Å². The first kappa shape index (κ1) is 18.0. The van der Waals surface area contributed by atoms with Gasteiger partial charge in [-0.2, -0.15) is 4.31 Å². The number of sulfonamides is 1. The Morgan fingerprint density at radius 2 is 1.67 bits per heavy atom. The number of morpholine rings is 1. The van der Waals surface area contributed by atoms with Crippen LogP contribution in [0, 0.1) is 0 Å². The summed E-state index contributed by atoms with van der Waals surface area (Å²) in [6, 6.07) is 20.9. The molecule has 0 radical (unpaired) electrons. The Morgan fingerprint density at radius 3 is 2.52 bits per heavy atom. The Labute approximate surface area is 159 Å². The number of ether oxygens (including phenoxy) is 2. The lowest BCUT2D eigenvalue weighted by Gasteiger charge is -2.26. The second kappa shape index (κ2) is 7.68. The summed E-state index contributed by atoms with van der Waals surface area (Å²) in [5.41, 5.74) is 0.817. The van der Waals surface area contributed by atoms with E-state index in [1.807, 2.05) is 48.5 Å². The number of hydrogen-bond donors (Lipinski definition) is 0. The number of rotatable bonds is 5. The molecule has 6 heteroatoms. The van der Waals surface area contributed by atoms with Gasteiger partial charge in [0, 0.05) is 18.5 Å². The van der Waals surface area contributed by atoms with E-state index >= 15 is 0 Å². The average Bonchev–Trinajstić information content (AvgIpc) is 2.73. The van der Waals surface area contributed by atoms with Crippen LogP contribution in [0.15, 0.2) is 71.6 Å². The van der Waals surface area contributed by atoms with E-state index in [4.69, 9.17) is 9.47 Å². The summed E-state index contributed by atoms with van der Waals surface area (Å²) < 4.78 is 38.4. The van der Waals surface area contributed by atoms with Crippen molar-refractivity contribution in [1.82, 2.24) is 4.31 Å². The summed E-state index contributed by atoms with van der Waals surface area (Å²) in [4.78, 5) is 0.295. The van der Waals surface area contributed by atoms with Crippen molar-refractivity contribution in [3.8, 4) is 5.75 Å². The van der Waals surface area contributed by atoms with E-state index in [9.17, 15) is 8.42 Å². The van der Waals surface area contributed by atoms with Crippen molar-refractivity contribution in [3.05, 3.63) is 72.3 Å². The highest BCUT2D eigenvalue weighted by Gasteiger charge is 2.26. The topological polar surface area (TPSA) is 55.8 Å². The molecule has 0 bridgehead atoms. The van der Waals surface area contributed by atoms with Gasteiger partial charge in [0.2, 0.25) is 10.0 Å². The monoisotopic (exact) mass is 383 g/mol. The second-order valence-corrected chi connectivity index (χ2v) is 8.37. The van der Waals surface area contributed by atoms with E-state index < -0.39 is 10.0 Å². The van der Waals surface area contributed by atoms with E-state index in [0.29, 0.717) is 37.8 Å². The van der Waals surface area contributed by atoms with Crippen molar-refractivity contribution in [3.63, 3.8) is 0 Å². The van der Waals surface area contributed by atoms with Crippen LogP contribution in [0.25, 0.3) is 10.8 Å². The zero-order chi connectivity index (χ0) is 18.7. The summed E-state index contributed by atoms with van der Waals surface area (Å²) in [6.07, 6.45) is 0. The third-order valence-corrected chi connectivity index (χ3v) is 6.54. The van der Waals surface area contributed by atoms with Crippen LogP contribution >= 0.6 is 0 Å². The summed E-state index contributed by atoms with van der Waals surface area (Å²) in [7, 11) is -3.50. The number of hydrogen-bond acceptors (Lipinski definition) is 4. The van der Waals surface area contributed by atoms with Gasteiger partial charge in [0.1, 0.15) is 12.4 Å². The Bertz CT molecular complexity index is 1040. The van der Waals surface area contributed by atoms with Crippen LogP contribution in [0.1, 0.15) is 5.56 Å². The molecule has 0 aromatic heterocycles. The maximum Gasteiger partial charge on any atom is 0.243 e. The molecule has 1 aliphatic heterocycles. The smallest absolute Gasteiger partial charge is 0.243 e. The Kier molecular flexibility index (Phi) is 5.11. The molecule has 3 aromatic rings. The molecule has 5 nitrogen and oxygen atoms in total. The van der Waals surface area contributed by atoms with E-state index in [1.165, 1.54) is 4.31 Å². The van der Waals surface area contributed by atoms with Gasteiger partial charge in [-0.05, 0) is 29.1 Å². The lowest BCUT2D eigenvalue weighted by atomic mass is 10.1. The summed E-state index contributed by atoms with van der Waals surface area (Å²) in [5.74, 6) is 0.787. The van der Waals surface area contributed by atoms with Crippen molar-refractivity contribution in [2.75, 3.05) is 26.3 Å². The molecule has 1 saturated heterocycles.